The number of rotatable bonds is 44. The summed E-state index contributed by atoms with van der Waals surface area (Å²) in [5.41, 5.74) is 0. The average Bonchev–Trinajstić information content (AvgIpc) is 3.27. The van der Waals surface area contributed by atoms with Gasteiger partial charge in [-0.25, -0.2) is 13.7 Å². The van der Waals surface area contributed by atoms with Gasteiger partial charge >= 0.3 is 35.4 Å². The summed E-state index contributed by atoms with van der Waals surface area (Å²) < 4.78 is 65.6. The van der Waals surface area contributed by atoms with Crippen molar-refractivity contribution in [3.05, 3.63) is 0 Å². The van der Waals surface area contributed by atoms with Gasteiger partial charge < -0.3 is 49.3 Å². The number of ether oxygens (including phenoxy) is 2. The molecule has 0 heterocycles. The fraction of sp³-hybridized carbons (Fsp3) is 0.933. The lowest BCUT2D eigenvalue weighted by Crippen LogP contribution is -2.65. The largest absolute Gasteiger partial charge is 0.472 e. The van der Waals surface area contributed by atoms with Crippen molar-refractivity contribution in [3.8, 4) is 0 Å². The number of carbonyl (C=O) groups is 3. The van der Waals surface area contributed by atoms with Crippen LogP contribution in [0.2, 0.25) is 0 Å². The van der Waals surface area contributed by atoms with E-state index in [1.807, 2.05) is 6.92 Å². The molecule has 0 aliphatic heterocycles. The predicted molar refractivity (Wildman–Crippen MR) is 261 cm³/mol. The van der Waals surface area contributed by atoms with Gasteiger partial charge in [0.05, 0.1) is 6.61 Å². The van der Waals surface area contributed by atoms with Crippen LogP contribution in [0.15, 0.2) is 0 Å². The first kappa shape index (κ1) is 66.2. The molecule has 408 valence electrons. The summed E-state index contributed by atoms with van der Waals surface area (Å²) in [5, 5.41) is 32.2. The van der Waals surface area contributed by atoms with Crippen molar-refractivity contribution in [2.75, 3.05) is 19.0 Å². The Morgan fingerprint density at radius 2 is 0.826 bits per heavy atom. The molecule has 4 unspecified atom stereocenters. The molecule has 1 fully saturated rings. The Morgan fingerprint density at radius 1 is 0.464 bits per heavy atom. The predicted octanol–water partition coefficient (Wildman–Crippen LogP) is 9.00. The van der Waals surface area contributed by atoms with E-state index in [-0.39, 0.29) is 12.8 Å². The van der Waals surface area contributed by atoms with Gasteiger partial charge in [-0.15, -0.1) is 0 Å². The van der Waals surface area contributed by atoms with Gasteiger partial charge in [0.2, 0.25) is 0 Å². The van der Waals surface area contributed by atoms with E-state index in [1.165, 1.54) is 88.8 Å². The molecule has 0 spiro atoms. The quantitative estimate of drug-likeness (QED) is 0.0160. The molecule has 1 aliphatic rings. The normalized spacial score (nSPS) is 21.2. The first-order valence-electron chi connectivity index (χ1n) is 25.4. The van der Waals surface area contributed by atoms with Gasteiger partial charge in [0.15, 0.2) is 11.2 Å². The first-order chi connectivity index (χ1) is 32.7. The maximum Gasteiger partial charge on any atom is 0.472 e. The SMILES string of the molecule is CCCCCCCCCCCCCCCC(=O)O[C@H](COC(=O)CCCCCCCCCCCCCCCSC(=O)CCC)COP(=O)(O)OC1C(O)[C@@H](OP(=O)(O)O)C(O)[C@@H](OP(=O)(O)O)[C@H]1O. The van der Waals surface area contributed by atoms with Crippen LogP contribution < -0.4 is 0 Å². The van der Waals surface area contributed by atoms with Crippen molar-refractivity contribution in [3.63, 3.8) is 0 Å². The van der Waals surface area contributed by atoms with E-state index in [0.717, 1.165) is 89.2 Å². The Bertz CT molecular complexity index is 1480. The highest BCUT2D eigenvalue weighted by molar-refractivity contribution is 8.13. The molecule has 8 N–H and O–H groups in total. The minimum absolute atomic E-state index is 0.0102. The molecule has 24 heteroatoms. The van der Waals surface area contributed by atoms with Gasteiger partial charge in [-0.05, 0) is 25.7 Å². The van der Waals surface area contributed by atoms with Crippen molar-refractivity contribution in [2.24, 2.45) is 0 Å². The van der Waals surface area contributed by atoms with Crippen LogP contribution in [0.4, 0.5) is 0 Å². The summed E-state index contributed by atoms with van der Waals surface area (Å²) in [6.45, 7) is 2.70. The summed E-state index contributed by atoms with van der Waals surface area (Å²) in [7, 11) is -16.6. The van der Waals surface area contributed by atoms with Crippen LogP contribution in [0.25, 0.3) is 0 Å². The van der Waals surface area contributed by atoms with E-state index in [1.54, 1.807) is 0 Å². The number of hydrogen-bond donors (Lipinski definition) is 8. The number of phosphoric ester groups is 3. The number of unbranched alkanes of at least 4 members (excludes halogenated alkanes) is 24. The number of phosphoric acid groups is 3. The van der Waals surface area contributed by atoms with Crippen molar-refractivity contribution in [1.29, 1.82) is 0 Å². The average molecular weight is 1070 g/mol. The molecule has 0 aromatic rings. The third kappa shape index (κ3) is 35.1. The number of thioether (sulfide) groups is 1. The fourth-order valence-electron chi connectivity index (χ4n) is 7.90. The minimum Gasteiger partial charge on any atom is -0.462 e. The van der Waals surface area contributed by atoms with E-state index >= 15 is 0 Å². The molecular weight excluding hydrogens is 985 g/mol. The Hall–Kier alpha value is -0.830. The monoisotopic (exact) mass is 1070 g/mol. The summed E-state index contributed by atoms with van der Waals surface area (Å²) in [6.07, 6.45) is 13.2. The molecule has 1 aliphatic carbocycles. The number of aliphatic hydroxyl groups is 3. The molecular formula is C45H87O20P3S. The maximum atomic E-state index is 13.2. The number of esters is 2. The van der Waals surface area contributed by atoms with Gasteiger partial charge in [-0.3, -0.25) is 32.5 Å². The van der Waals surface area contributed by atoms with E-state index in [4.69, 9.17) is 18.5 Å². The summed E-state index contributed by atoms with van der Waals surface area (Å²) in [6, 6.07) is 0. The van der Waals surface area contributed by atoms with Crippen LogP contribution >= 0.6 is 35.2 Å². The van der Waals surface area contributed by atoms with Crippen LogP contribution in [-0.4, -0.2) is 119 Å². The van der Waals surface area contributed by atoms with Gasteiger partial charge in [0.25, 0.3) is 0 Å². The molecule has 0 amide bonds. The second-order valence-electron chi connectivity index (χ2n) is 18.0. The lowest BCUT2D eigenvalue weighted by Gasteiger charge is -2.44. The van der Waals surface area contributed by atoms with E-state index < -0.39 is 91.3 Å². The Balaban J connectivity index is 2.66. The first-order valence-corrected chi connectivity index (χ1v) is 30.9. The standard InChI is InChI=1S/C45H87O20P3S/c1-3-5-6-7-8-9-10-12-16-19-22-25-28-32-38(47)62-36(34-60-37(46)31-27-24-21-18-15-13-11-14-17-20-23-26-29-33-69-39(48)30-4-2)35-61-68(58,59)65-45-41(50)43(63-66(52,53)54)40(49)44(42(45)51)64-67(55,56)57/h36,40-45,49-51H,3-35H2,1-2H3,(H,58,59)(H2,52,53,54)(H2,55,56,57)/t36-,40?,41-,42?,43-,44+,45?/m1/s1. The van der Waals surface area contributed by atoms with Crippen LogP contribution in [0, 0.1) is 0 Å². The van der Waals surface area contributed by atoms with Gasteiger partial charge in [0.1, 0.15) is 43.2 Å². The molecule has 0 radical (unpaired) electrons. The smallest absolute Gasteiger partial charge is 0.462 e. The van der Waals surface area contributed by atoms with Crippen molar-refractivity contribution < 1.29 is 95.4 Å². The zero-order valence-corrected chi connectivity index (χ0v) is 44.6. The van der Waals surface area contributed by atoms with Crippen molar-refractivity contribution in [2.45, 2.75) is 249 Å². The minimum atomic E-state index is -5.55. The van der Waals surface area contributed by atoms with E-state index in [2.05, 4.69) is 16.0 Å². The van der Waals surface area contributed by atoms with Crippen LogP contribution in [0.5, 0.6) is 0 Å². The molecule has 69 heavy (non-hydrogen) atoms. The molecule has 0 bridgehead atoms. The van der Waals surface area contributed by atoms with Crippen LogP contribution in [-0.2, 0) is 55.6 Å². The second kappa shape index (κ2) is 38.7. The molecule has 1 rings (SSSR count). The zero-order chi connectivity index (χ0) is 51.6. The molecule has 0 aromatic carbocycles. The van der Waals surface area contributed by atoms with Crippen molar-refractivity contribution >= 4 is 52.3 Å². The summed E-state index contributed by atoms with van der Waals surface area (Å²) in [5.74, 6) is -0.404. The van der Waals surface area contributed by atoms with E-state index in [9.17, 15) is 67.9 Å². The van der Waals surface area contributed by atoms with Crippen molar-refractivity contribution in [1.82, 2.24) is 0 Å². The number of hydrogen-bond acceptors (Lipinski definition) is 16. The van der Waals surface area contributed by atoms with E-state index in [0.29, 0.717) is 24.4 Å². The second-order valence-corrected chi connectivity index (χ2v) is 23.0. The van der Waals surface area contributed by atoms with Gasteiger partial charge in [-0.2, -0.15) is 0 Å². The molecule has 1 saturated carbocycles. The third-order valence-corrected chi connectivity index (χ3v) is 14.7. The van der Waals surface area contributed by atoms with Crippen LogP contribution in [0.1, 0.15) is 206 Å². The highest BCUT2D eigenvalue weighted by Crippen LogP contribution is 2.51. The fourth-order valence-corrected chi connectivity index (χ4v) is 10.9. The molecule has 0 saturated heterocycles. The highest BCUT2D eigenvalue weighted by Gasteiger charge is 2.56. The topological polar surface area (TPSA) is 320 Å². The summed E-state index contributed by atoms with van der Waals surface area (Å²) >= 11 is 1.46. The lowest BCUT2D eigenvalue weighted by atomic mass is 9.85. The third-order valence-electron chi connectivity index (χ3n) is 11.7. The molecule has 8 atom stereocenters. The number of aliphatic hydroxyl groups excluding tert-OH is 3. The number of carbonyl (C=O) groups excluding carboxylic acids is 3. The Morgan fingerprint density at radius 3 is 1.22 bits per heavy atom. The highest BCUT2D eigenvalue weighted by atomic mass is 32.2. The lowest BCUT2D eigenvalue weighted by molar-refractivity contribution is -0.213. The Labute approximate surface area is 414 Å². The van der Waals surface area contributed by atoms with Crippen LogP contribution in [0.3, 0.4) is 0 Å². The zero-order valence-electron chi connectivity index (χ0n) is 41.1. The van der Waals surface area contributed by atoms with Gasteiger partial charge in [0, 0.05) is 25.0 Å². The van der Waals surface area contributed by atoms with Gasteiger partial charge in [-0.1, -0.05) is 173 Å². The Kier molecular flexibility index (Phi) is 37.1. The maximum absolute atomic E-state index is 13.2. The molecule has 0 aromatic heterocycles. The molecule has 20 nitrogen and oxygen atoms in total. The summed E-state index contributed by atoms with van der Waals surface area (Å²) in [4.78, 5) is 84.9.